The van der Waals surface area contributed by atoms with Crippen LogP contribution < -0.4 is 0 Å². The molecule has 0 amide bonds. The van der Waals surface area contributed by atoms with Gasteiger partial charge in [0.2, 0.25) is 0 Å². The zero-order chi connectivity index (χ0) is 12.6. The molecule has 3 unspecified atom stereocenters. The van der Waals surface area contributed by atoms with Crippen LogP contribution in [0.15, 0.2) is 0 Å². The van der Waals surface area contributed by atoms with Crippen LogP contribution in [0.4, 0.5) is 0 Å². The smallest absolute Gasteiger partial charge is 0.270 e. The van der Waals surface area contributed by atoms with Gasteiger partial charge in [-0.3, -0.25) is 4.55 Å². The largest absolute Gasteiger partial charge is 0.350 e. The molecule has 17 heavy (non-hydrogen) atoms. The second-order valence-electron chi connectivity index (χ2n) is 5.06. The van der Waals surface area contributed by atoms with Crippen molar-refractivity contribution in [2.24, 2.45) is 5.92 Å². The second-order valence-corrected chi connectivity index (χ2v) is 6.83. The van der Waals surface area contributed by atoms with E-state index in [0.717, 1.165) is 25.7 Å². The Morgan fingerprint density at radius 3 is 2.29 bits per heavy atom. The van der Waals surface area contributed by atoms with Gasteiger partial charge in [0.1, 0.15) is 5.25 Å². The highest BCUT2D eigenvalue weighted by atomic mass is 32.2. The number of rotatable bonds is 2. The van der Waals surface area contributed by atoms with Gasteiger partial charge in [-0.25, -0.2) is 0 Å². The minimum absolute atomic E-state index is 0.203. The maximum absolute atomic E-state index is 11.2. The van der Waals surface area contributed by atoms with Gasteiger partial charge < -0.3 is 9.47 Å². The van der Waals surface area contributed by atoms with Crippen molar-refractivity contribution >= 4 is 10.1 Å². The first kappa shape index (κ1) is 13.3. The Balaban J connectivity index is 2.18. The zero-order valence-corrected chi connectivity index (χ0v) is 11.0. The van der Waals surface area contributed by atoms with Crippen LogP contribution in [0.1, 0.15) is 39.5 Å². The minimum Gasteiger partial charge on any atom is -0.350 e. The summed E-state index contributed by atoms with van der Waals surface area (Å²) in [7, 11) is -4.06. The fourth-order valence-electron chi connectivity index (χ4n) is 2.85. The first-order chi connectivity index (χ1) is 7.88. The molecule has 0 spiro atoms. The van der Waals surface area contributed by atoms with Gasteiger partial charge in [0.05, 0.1) is 12.2 Å². The number of fused-ring (bicyclic) bond motifs is 5. The van der Waals surface area contributed by atoms with Gasteiger partial charge in [0, 0.05) is 0 Å². The van der Waals surface area contributed by atoms with Crippen molar-refractivity contribution in [2.45, 2.75) is 63.3 Å². The van der Waals surface area contributed by atoms with Gasteiger partial charge in [-0.1, -0.05) is 0 Å². The maximum atomic E-state index is 11.2. The average molecular weight is 264 g/mol. The van der Waals surface area contributed by atoms with E-state index in [0.29, 0.717) is 0 Å². The molecule has 0 aromatic heterocycles. The molecule has 5 nitrogen and oxygen atoms in total. The molecule has 0 radical (unpaired) electrons. The van der Waals surface area contributed by atoms with Crippen LogP contribution in [-0.2, 0) is 19.6 Å². The maximum Gasteiger partial charge on any atom is 0.270 e. The van der Waals surface area contributed by atoms with Gasteiger partial charge in [-0.2, -0.15) is 8.42 Å². The molecule has 3 fully saturated rings. The van der Waals surface area contributed by atoms with E-state index >= 15 is 0 Å². The topological polar surface area (TPSA) is 72.8 Å². The van der Waals surface area contributed by atoms with Crippen LogP contribution in [0.3, 0.4) is 0 Å². The molecule has 0 aromatic carbocycles. The Hall–Kier alpha value is -0.170. The van der Waals surface area contributed by atoms with Crippen LogP contribution in [0.5, 0.6) is 0 Å². The number of ether oxygens (including phenoxy) is 2. The molecule has 2 aliphatic heterocycles. The molecule has 3 atom stereocenters. The van der Waals surface area contributed by atoms with Crippen LogP contribution in [0, 0.1) is 5.92 Å². The quantitative estimate of drug-likeness (QED) is 0.767. The lowest BCUT2D eigenvalue weighted by atomic mass is 9.82. The van der Waals surface area contributed by atoms with Crippen molar-refractivity contribution in [3.63, 3.8) is 0 Å². The standard InChI is InChI=1S/C11H20O5S/c1-7(17(12,13)14)11-9-3-5-10(6-4-9)15-8(2)16-11/h7-11H,3-6H2,1-2H3,(H,12,13,14). The lowest BCUT2D eigenvalue weighted by Gasteiger charge is -2.41. The third kappa shape index (κ3) is 2.99. The fraction of sp³-hybridized carbons (Fsp3) is 1.00. The molecule has 3 aliphatic rings. The van der Waals surface area contributed by atoms with Crippen LogP contribution in [-0.4, -0.2) is 36.7 Å². The fourth-order valence-corrected chi connectivity index (χ4v) is 3.48. The first-order valence-electron chi connectivity index (χ1n) is 6.15. The van der Waals surface area contributed by atoms with Crippen molar-refractivity contribution in [1.82, 2.24) is 0 Å². The van der Waals surface area contributed by atoms with E-state index in [2.05, 4.69) is 0 Å². The van der Waals surface area contributed by atoms with Crippen LogP contribution >= 0.6 is 0 Å². The normalized spacial score (nSPS) is 40.6. The minimum atomic E-state index is -4.06. The second kappa shape index (κ2) is 4.84. The molecule has 3 rings (SSSR count). The Bertz CT molecular complexity index is 358. The molecule has 2 bridgehead atoms. The summed E-state index contributed by atoms with van der Waals surface area (Å²) in [6.07, 6.45) is 3.08. The summed E-state index contributed by atoms with van der Waals surface area (Å²) in [5, 5.41) is -0.895. The molecule has 1 aliphatic carbocycles. The number of hydrogen-bond donors (Lipinski definition) is 1. The van der Waals surface area contributed by atoms with Crippen molar-refractivity contribution < 1.29 is 22.4 Å². The summed E-state index contributed by atoms with van der Waals surface area (Å²) >= 11 is 0. The summed E-state index contributed by atoms with van der Waals surface area (Å²) in [4.78, 5) is 0. The summed E-state index contributed by atoms with van der Waals surface area (Å²) in [6.45, 7) is 3.28. The highest BCUT2D eigenvalue weighted by Crippen LogP contribution is 2.36. The van der Waals surface area contributed by atoms with E-state index in [1.54, 1.807) is 6.92 Å². The van der Waals surface area contributed by atoms with Crippen LogP contribution in [0.2, 0.25) is 0 Å². The lowest BCUT2D eigenvalue weighted by molar-refractivity contribution is -0.225. The Kier molecular flexibility index (Phi) is 3.77. The summed E-state index contributed by atoms with van der Waals surface area (Å²) in [6, 6.07) is 0. The molecule has 2 heterocycles. The average Bonchev–Trinajstić information content (AvgIpc) is 2.21. The highest BCUT2D eigenvalue weighted by Gasteiger charge is 2.40. The third-order valence-corrected chi connectivity index (χ3v) is 5.06. The molecule has 100 valence electrons. The van der Waals surface area contributed by atoms with Gasteiger partial charge in [-0.05, 0) is 45.4 Å². The molecule has 0 aromatic rings. The van der Waals surface area contributed by atoms with Crippen LogP contribution in [0.25, 0.3) is 0 Å². The Labute approximate surface area is 102 Å². The van der Waals surface area contributed by atoms with E-state index in [1.807, 2.05) is 0 Å². The Morgan fingerprint density at radius 1 is 1.18 bits per heavy atom. The van der Waals surface area contributed by atoms with Crippen molar-refractivity contribution in [1.29, 1.82) is 0 Å². The van der Waals surface area contributed by atoms with E-state index in [-0.39, 0.29) is 12.0 Å². The Morgan fingerprint density at radius 2 is 1.76 bits per heavy atom. The summed E-state index contributed by atoms with van der Waals surface area (Å²) < 4.78 is 43.0. The molecule has 2 saturated heterocycles. The van der Waals surface area contributed by atoms with Gasteiger partial charge in [-0.15, -0.1) is 0 Å². The predicted octanol–water partition coefficient (Wildman–Crippen LogP) is 1.58. The lowest BCUT2D eigenvalue weighted by Crippen LogP contribution is -2.46. The van der Waals surface area contributed by atoms with E-state index in [9.17, 15) is 8.42 Å². The zero-order valence-electron chi connectivity index (χ0n) is 10.2. The molecule has 6 heteroatoms. The third-order valence-electron chi connectivity index (χ3n) is 3.85. The molecular formula is C11H20O5S. The van der Waals surface area contributed by atoms with Crippen molar-refractivity contribution in [2.75, 3.05) is 0 Å². The SMILES string of the molecule is CC1OC2CCC(CC2)C(C(C)S(=O)(=O)O)O1. The summed E-state index contributed by atoms with van der Waals surface area (Å²) in [5.74, 6) is 0.203. The highest BCUT2D eigenvalue weighted by molar-refractivity contribution is 7.86. The van der Waals surface area contributed by atoms with Crippen molar-refractivity contribution in [3.05, 3.63) is 0 Å². The number of hydrogen-bond acceptors (Lipinski definition) is 4. The van der Waals surface area contributed by atoms with Gasteiger partial charge >= 0.3 is 0 Å². The van der Waals surface area contributed by atoms with Crippen molar-refractivity contribution in [3.8, 4) is 0 Å². The first-order valence-corrected chi connectivity index (χ1v) is 7.65. The predicted molar refractivity (Wildman–Crippen MR) is 62.2 cm³/mol. The molecule has 1 saturated carbocycles. The monoisotopic (exact) mass is 264 g/mol. The van der Waals surface area contributed by atoms with E-state index in [4.69, 9.17) is 14.0 Å². The van der Waals surface area contributed by atoms with Gasteiger partial charge in [0.25, 0.3) is 10.1 Å². The molecule has 1 N–H and O–H groups in total. The molecular weight excluding hydrogens is 244 g/mol. The summed E-state index contributed by atoms with van der Waals surface area (Å²) in [5.41, 5.74) is 0. The van der Waals surface area contributed by atoms with E-state index < -0.39 is 27.8 Å². The van der Waals surface area contributed by atoms with E-state index in [1.165, 1.54) is 6.92 Å². The van der Waals surface area contributed by atoms with Gasteiger partial charge in [0.15, 0.2) is 6.29 Å².